The van der Waals surface area contributed by atoms with E-state index in [1.165, 1.54) is 11.1 Å². The molecular weight excluding hydrogens is 238 g/mol. The van der Waals surface area contributed by atoms with Crippen LogP contribution in [0.2, 0.25) is 0 Å². The van der Waals surface area contributed by atoms with Crippen LogP contribution in [0.15, 0.2) is 18.2 Å². The number of carbonyl (C=O) groups is 1. The van der Waals surface area contributed by atoms with Crippen LogP contribution < -0.4 is 16.0 Å². The van der Waals surface area contributed by atoms with Crippen LogP contribution in [0.25, 0.3) is 0 Å². The van der Waals surface area contributed by atoms with Gasteiger partial charge in [0.25, 0.3) is 0 Å². The molecule has 4 nitrogen and oxygen atoms in total. The molecule has 2 rings (SSSR count). The number of rotatable bonds is 6. The summed E-state index contributed by atoms with van der Waals surface area (Å²) in [6.07, 6.45) is 3.24. The van der Waals surface area contributed by atoms with Gasteiger partial charge in [-0.15, -0.1) is 0 Å². The first-order valence-electron chi connectivity index (χ1n) is 7.07. The summed E-state index contributed by atoms with van der Waals surface area (Å²) in [6.45, 7) is 5.25. The quantitative estimate of drug-likeness (QED) is 0.814. The lowest BCUT2D eigenvalue weighted by Gasteiger charge is -2.29. The van der Waals surface area contributed by atoms with Crippen molar-refractivity contribution in [2.24, 2.45) is 5.73 Å². The molecule has 0 saturated carbocycles. The van der Waals surface area contributed by atoms with Crippen molar-refractivity contribution in [1.82, 2.24) is 5.32 Å². The van der Waals surface area contributed by atoms with Crippen molar-refractivity contribution in [3.8, 4) is 0 Å². The summed E-state index contributed by atoms with van der Waals surface area (Å²) in [5.41, 5.74) is 9.26. The van der Waals surface area contributed by atoms with Crippen LogP contribution in [0.5, 0.6) is 0 Å². The van der Waals surface area contributed by atoms with Crippen molar-refractivity contribution >= 4 is 11.6 Å². The molecule has 0 bridgehead atoms. The van der Waals surface area contributed by atoms with Gasteiger partial charge < -0.3 is 16.0 Å². The Labute approximate surface area is 115 Å². The maximum absolute atomic E-state index is 11.3. The summed E-state index contributed by atoms with van der Waals surface area (Å²) in [4.78, 5) is 13.4. The van der Waals surface area contributed by atoms with Gasteiger partial charge in [-0.05, 0) is 36.6 Å². The van der Waals surface area contributed by atoms with Gasteiger partial charge in [-0.2, -0.15) is 0 Å². The van der Waals surface area contributed by atoms with Gasteiger partial charge >= 0.3 is 0 Å². The van der Waals surface area contributed by atoms with E-state index in [1.807, 2.05) is 0 Å². The van der Waals surface area contributed by atoms with Gasteiger partial charge in [-0.1, -0.05) is 25.5 Å². The summed E-state index contributed by atoms with van der Waals surface area (Å²) in [6, 6.07) is 6.37. The van der Waals surface area contributed by atoms with E-state index in [2.05, 4.69) is 35.3 Å². The molecule has 0 radical (unpaired) electrons. The standard InChI is InChI=1S/C15H23N3O/c1-2-3-9-18(11-15(16)19)14-6-4-5-12-7-8-17-10-13(12)14/h4-6,17H,2-3,7-11H2,1H3,(H2,16,19). The first-order valence-corrected chi connectivity index (χ1v) is 7.07. The lowest BCUT2D eigenvalue weighted by molar-refractivity contribution is -0.116. The van der Waals surface area contributed by atoms with Gasteiger partial charge in [0.2, 0.25) is 5.91 Å². The lowest BCUT2D eigenvalue weighted by atomic mass is 9.98. The van der Waals surface area contributed by atoms with Crippen molar-refractivity contribution in [2.75, 3.05) is 24.5 Å². The second kappa shape index (κ2) is 6.57. The van der Waals surface area contributed by atoms with Gasteiger partial charge in [0.05, 0.1) is 6.54 Å². The van der Waals surface area contributed by atoms with Gasteiger partial charge in [0.1, 0.15) is 0 Å². The maximum Gasteiger partial charge on any atom is 0.236 e. The van der Waals surface area contributed by atoms with Crippen LogP contribution in [-0.4, -0.2) is 25.5 Å². The SMILES string of the molecule is CCCCN(CC(N)=O)c1cccc2c1CNCC2. The average molecular weight is 261 g/mol. The minimum atomic E-state index is -0.266. The van der Waals surface area contributed by atoms with Crippen molar-refractivity contribution < 1.29 is 4.79 Å². The summed E-state index contributed by atoms with van der Waals surface area (Å²) in [7, 11) is 0. The molecule has 0 aromatic heterocycles. The zero-order valence-corrected chi connectivity index (χ0v) is 11.6. The fourth-order valence-corrected chi connectivity index (χ4v) is 2.61. The summed E-state index contributed by atoms with van der Waals surface area (Å²) in [5.74, 6) is -0.266. The zero-order valence-electron chi connectivity index (χ0n) is 11.6. The highest BCUT2D eigenvalue weighted by atomic mass is 16.1. The van der Waals surface area contributed by atoms with Crippen LogP contribution in [0.4, 0.5) is 5.69 Å². The molecule has 1 aliphatic heterocycles. The smallest absolute Gasteiger partial charge is 0.236 e. The fourth-order valence-electron chi connectivity index (χ4n) is 2.61. The highest BCUT2D eigenvalue weighted by molar-refractivity contribution is 5.80. The van der Waals surface area contributed by atoms with Crippen LogP contribution in [-0.2, 0) is 17.8 Å². The molecule has 1 aromatic carbocycles. The van der Waals surface area contributed by atoms with Crippen LogP contribution >= 0.6 is 0 Å². The van der Waals surface area contributed by atoms with E-state index in [0.29, 0.717) is 6.54 Å². The van der Waals surface area contributed by atoms with Crippen molar-refractivity contribution in [2.45, 2.75) is 32.7 Å². The molecule has 3 N–H and O–H groups in total. The Hall–Kier alpha value is -1.55. The van der Waals surface area contributed by atoms with E-state index in [9.17, 15) is 4.79 Å². The Morgan fingerprint density at radius 3 is 3.05 bits per heavy atom. The molecule has 1 aliphatic rings. The number of nitrogens with zero attached hydrogens (tertiary/aromatic N) is 1. The van der Waals surface area contributed by atoms with Gasteiger partial charge in [0, 0.05) is 18.8 Å². The van der Waals surface area contributed by atoms with Gasteiger partial charge in [0.15, 0.2) is 0 Å². The second-order valence-electron chi connectivity index (χ2n) is 5.08. The minimum absolute atomic E-state index is 0.266. The molecule has 0 spiro atoms. The number of fused-ring (bicyclic) bond motifs is 1. The predicted molar refractivity (Wildman–Crippen MR) is 78.2 cm³/mol. The third-order valence-corrected chi connectivity index (χ3v) is 3.59. The molecular formula is C15H23N3O. The normalized spacial score (nSPS) is 13.9. The van der Waals surface area contributed by atoms with Crippen molar-refractivity contribution in [1.29, 1.82) is 0 Å². The van der Waals surface area contributed by atoms with Crippen LogP contribution in [0.1, 0.15) is 30.9 Å². The summed E-state index contributed by atoms with van der Waals surface area (Å²) < 4.78 is 0. The number of benzene rings is 1. The number of hydrogen-bond donors (Lipinski definition) is 2. The van der Waals surface area contributed by atoms with E-state index in [0.717, 1.165) is 44.6 Å². The van der Waals surface area contributed by atoms with E-state index in [4.69, 9.17) is 5.73 Å². The maximum atomic E-state index is 11.3. The molecule has 19 heavy (non-hydrogen) atoms. The van der Waals surface area contributed by atoms with E-state index >= 15 is 0 Å². The molecule has 0 atom stereocenters. The summed E-state index contributed by atoms with van der Waals surface area (Å²) in [5, 5.41) is 3.40. The summed E-state index contributed by atoms with van der Waals surface area (Å²) >= 11 is 0. The first kappa shape index (κ1) is 13.9. The van der Waals surface area contributed by atoms with Gasteiger partial charge in [-0.3, -0.25) is 4.79 Å². The zero-order chi connectivity index (χ0) is 13.7. The van der Waals surface area contributed by atoms with E-state index in [1.54, 1.807) is 0 Å². The number of amides is 1. The number of nitrogens with one attached hydrogen (secondary N) is 1. The van der Waals surface area contributed by atoms with E-state index in [-0.39, 0.29) is 5.91 Å². The number of anilines is 1. The molecule has 1 aromatic rings. The number of nitrogens with two attached hydrogens (primary N) is 1. The topological polar surface area (TPSA) is 58.4 Å². The van der Waals surface area contributed by atoms with Crippen molar-refractivity contribution in [3.05, 3.63) is 29.3 Å². The van der Waals surface area contributed by atoms with E-state index < -0.39 is 0 Å². The lowest BCUT2D eigenvalue weighted by Crippen LogP contribution is -2.36. The number of unbranched alkanes of at least 4 members (excludes halogenated alkanes) is 1. The first-order chi connectivity index (χ1) is 9.22. The highest BCUT2D eigenvalue weighted by Gasteiger charge is 2.17. The Morgan fingerprint density at radius 1 is 1.47 bits per heavy atom. The third-order valence-electron chi connectivity index (χ3n) is 3.59. The van der Waals surface area contributed by atoms with Gasteiger partial charge in [-0.25, -0.2) is 0 Å². The molecule has 104 valence electrons. The monoisotopic (exact) mass is 261 g/mol. The molecule has 0 fully saturated rings. The number of hydrogen-bond acceptors (Lipinski definition) is 3. The Balaban J connectivity index is 2.26. The second-order valence-corrected chi connectivity index (χ2v) is 5.08. The molecule has 1 heterocycles. The fraction of sp³-hybridized carbons (Fsp3) is 0.533. The molecule has 4 heteroatoms. The average Bonchev–Trinajstić information content (AvgIpc) is 2.42. The molecule has 0 aliphatic carbocycles. The van der Waals surface area contributed by atoms with Crippen LogP contribution in [0.3, 0.4) is 0 Å². The highest BCUT2D eigenvalue weighted by Crippen LogP contribution is 2.26. The molecule has 0 saturated heterocycles. The Bertz CT molecular complexity index is 445. The number of primary amides is 1. The van der Waals surface area contributed by atoms with Crippen molar-refractivity contribution in [3.63, 3.8) is 0 Å². The molecule has 0 unspecified atom stereocenters. The predicted octanol–water partition coefficient (Wildman–Crippen LogP) is 1.42. The number of carbonyl (C=O) groups excluding carboxylic acids is 1. The minimum Gasteiger partial charge on any atom is -0.368 e. The largest absolute Gasteiger partial charge is 0.368 e. The molecule has 1 amide bonds. The third kappa shape index (κ3) is 3.47. The Kier molecular flexibility index (Phi) is 4.80. The Morgan fingerprint density at radius 2 is 2.32 bits per heavy atom. The van der Waals surface area contributed by atoms with Crippen LogP contribution in [0, 0.1) is 0 Å².